The number of nitrogens with zero attached hydrogens (tertiary/aromatic N) is 1. The Morgan fingerprint density at radius 3 is 2.47 bits per heavy atom. The summed E-state index contributed by atoms with van der Waals surface area (Å²) in [6.45, 7) is 7.49. The van der Waals surface area contributed by atoms with E-state index < -0.39 is 0 Å². The number of nitrogens with one attached hydrogen (secondary N) is 1. The van der Waals surface area contributed by atoms with E-state index >= 15 is 0 Å². The predicted octanol–water partition coefficient (Wildman–Crippen LogP) is 3.10. The van der Waals surface area contributed by atoms with Crippen LogP contribution in [0.2, 0.25) is 0 Å². The highest BCUT2D eigenvalue weighted by molar-refractivity contribution is 5.85. The summed E-state index contributed by atoms with van der Waals surface area (Å²) in [5.74, 6) is 1.25. The molecule has 4 heteroatoms. The number of hydrogen-bond donors (Lipinski definition) is 3. The van der Waals surface area contributed by atoms with Gasteiger partial charge in [-0.05, 0) is 51.0 Å². The molecule has 19 heavy (non-hydrogen) atoms. The zero-order chi connectivity index (χ0) is 14.3. The van der Waals surface area contributed by atoms with Crippen molar-refractivity contribution in [1.82, 2.24) is 5.32 Å². The third kappa shape index (κ3) is 5.81. The molecular weight excluding hydrogens is 238 g/mol. The average molecular weight is 269 g/mol. The van der Waals surface area contributed by atoms with Gasteiger partial charge in [-0.25, -0.2) is 0 Å². The summed E-state index contributed by atoms with van der Waals surface area (Å²) in [6.07, 6.45) is 8.63. The van der Waals surface area contributed by atoms with E-state index in [0.29, 0.717) is 5.84 Å². The molecule has 0 aliphatic heterocycles. The Hall–Kier alpha value is -0.770. The highest BCUT2D eigenvalue weighted by Gasteiger charge is 2.23. The standard InChI is InChI=1S/C15H31N3O/c1-12-6-8-13(9-7-12)17-11-5-4-10-15(2,3)14(16)18-19/h12-13,17,19H,4-11H2,1-3H3,(H2,16,18). The van der Waals surface area contributed by atoms with E-state index in [0.717, 1.165) is 37.8 Å². The van der Waals surface area contributed by atoms with Crippen molar-refractivity contribution < 1.29 is 5.21 Å². The van der Waals surface area contributed by atoms with E-state index in [1.165, 1.54) is 25.7 Å². The van der Waals surface area contributed by atoms with Crippen molar-refractivity contribution in [2.75, 3.05) is 6.54 Å². The summed E-state index contributed by atoms with van der Waals surface area (Å²) in [6, 6.07) is 0.730. The Morgan fingerprint density at radius 1 is 1.26 bits per heavy atom. The summed E-state index contributed by atoms with van der Waals surface area (Å²) in [5.41, 5.74) is 5.48. The number of hydrogen-bond acceptors (Lipinski definition) is 3. The van der Waals surface area contributed by atoms with Crippen LogP contribution in [0.1, 0.15) is 65.7 Å². The largest absolute Gasteiger partial charge is 0.409 e. The number of nitrogens with two attached hydrogens (primary N) is 1. The van der Waals surface area contributed by atoms with Crippen LogP contribution in [0.25, 0.3) is 0 Å². The number of oxime groups is 1. The molecule has 112 valence electrons. The zero-order valence-electron chi connectivity index (χ0n) is 12.8. The Labute approximate surface area is 117 Å². The summed E-state index contributed by atoms with van der Waals surface area (Å²) < 4.78 is 0. The zero-order valence-corrected chi connectivity index (χ0v) is 12.8. The van der Waals surface area contributed by atoms with Crippen LogP contribution >= 0.6 is 0 Å². The van der Waals surface area contributed by atoms with Gasteiger partial charge in [-0.15, -0.1) is 0 Å². The third-order valence-electron chi connectivity index (χ3n) is 4.48. The summed E-state index contributed by atoms with van der Waals surface area (Å²) >= 11 is 0. The van der Waals surface area contributed by atoms with Gasteiger partial charge < -0.3 is 16.3 Å². The maximum atomic E-state index is 8.72. The number of rotatable bonds is 7. The molecule has 0 aromatic rings. The van der Waals surface area contributed by atoms with Crippen LogP contribution in [0, 0.1) is 11.3 Å². The molecule has 0 heterocycles. The molecule has 1 fully saturated rings. The molecule has 1 rings (SSSR count). The van der Waals surface area contributed by atoms with E-state index in [1.54, 1.807) is 0 Å². The number of unbranched alkanes of at least 4 members (excludes halogenated alkanes) is 1. The van der Waals surface area contributed by atoms with E-state index in [9.17, 15) is 0 Å². The maximum Gasteiger partial charge on any atom is 0.144 e. The molecule has 0 aromatic carbocycles. The second kappa shape index (κ2) is 7.73. The molecular formula is C15H31N3O. The molecule has 1 saturated carbocycles. The molecule has 1 aliphatic carbocycles. The fraction of sp³-hybridized carbons (Fsp3) is 0.933. The molecule has 0 bridgehead atoms. The van der Waals surface area contributed by atoms with Gasteiger partial charge in [0.15, 0.2) is 0 Å². The van der Waals surface area contributed by atoms with Gasteiger partial charge in [-0.3, -0.25) is 0 Å². The van der Waals surface area contributed by atoms with E-state index in [2.05, 4.69) is 17.4 Å². The molecule has 0 radical (unpaired) electrons. The van der Waals surface area contributed by atoms with Crippen molar-refractivity contribution in [1.29, 1.82) is 0 Å². The summed E-state index contributed by atoms with van der Waals surface area (Å²) in [5, 5.41) is 15.5. The minimum absolute atomic E-state index is 0.199. The minimum atomic E-state index is -0.199. The van der Waals surface area contributed by atoms with Crippen LogP contribution in [0.15, 0.2) is 5.16 Å². The lowest BCUT2D eigenvalue weighted by molar-refractivity contribution is 0.299. The normalized spacial score (nSPS) is 25.5. The van der Waals surface area contributed by atoms with Crippen LogP contribution in [-0.4, -0.2) is 23.6 Å². The van der Waals surface area contributed by atoms with Gasteiger partial charge in [-0.1, -0.05) is 32.3 Å². The van der Waals surface area contributed by atoms with E-state index in [4.69, 9.17) is 10.9 Å². The molecule has 0 aromatic heterocycles. The second-order valence-electron chi connectivity index (χ2n) is 6.74. The van der Waals surface area contributed by atoms with Crippen molar-refractivity contribution in [3.63, 3.8) is 0 Å². The first-order valence-electron chi connectivity index (χ1n) is 7.67. The minimum Gasteiger partial charge on any atom is -0.409 e. The monoisotopic (exact) mass is 269 g/mol. The van der Waals surface area contributed by atoms with Crippen molar-refractivity contribution in [3.05, 3.63) is 0 Å². The Kier molecular flexibility index (Phi) is 6.63. The topological polar surface area (TPSA) is 70.6 Å². The van der Waals surface area contributed by atoms with Gasteiger partial charge in [0.25, 0.3) is 0 Å². The predicted molar refractivity (Wildman–Crippen MR) is 80.5 cm³/mol. The number of amidine groups is 1. The van der Waals surface area contributed by atoms with Crippen LogP contribution in [0.5, 0.6) is 0 Å². The lowest BCUT2D eigenvalue weighted by atomic mass is 9.85. The highest BCUT2D eigenvalue weighted by Crippen LogP contribution is 2.24. The van der Waals surface area contributed by atoms with Crippen LogP contribution in [-0.2, 0) is 0 Å². The summed E-state index contributed by atoms with van der Waals surface area (Å²) in [7, 11) is 0. The summed E-state index contributed by atoms with van der Waals surface area (Å²) in [4.78, 5) is 0. The SMILES string of the molecule is CC1CCC(NCCCCC(C)(C)C(N)=NO)CC1. The molecule has 0 spiro atoms. The lowest BCUT2D eigenvalue weighted by Gasteiger charge is -2.27. The van der Waals surface area contributed by atoms with Crippen LogP contribution < -0.4 is 11.1 Å². The molecule has 1 aliphatic rings. The molecule has 0 unspecified atom stereocenters. The molecule has 4 nitrogen and oxygen atoms in total. The Morgan fingerprint density at radius 2 is 1.89 bits per heavy atom. The van der Waals surface area contributed by atoms with Crippen molar-refractivity contribution in [2.24, 2.45) is 22.2 Å². The van der Waals surface area contributed by atoms with Crippen molar-refractivity contribution >= 4 is 5.84 Å². The van der Waals surface area contributed by atoms with Gasteiger partial charge in [-0.2, -0.15) is 0 Å². The maximum absolute atomic E-state index is 8.72. The third-order valence-corrected chi connectivity index (χ3v) is 4.48. The van der Waals surface area contributed by atoms with Crippen molar-refractivity contribution in [3.8, 4) is 0 Å². The fourth-order valence-electron chi connectivity index (χ4n) is 2.73. The first-order chi connectivity index (χ1) is 8.95. The second-order valence-corrected chi connectivity index (χ2v) is 6.74. The lowest BCUT2D eigenvalue weighted by Crippen LogP contribution is -2.34. The van der Waals surface area contributed by atoms with E-state index in [1.807, 2.05) is 13.8 Å². The molecule has 0 atom stereocenters. The van der Waals surface area contributed by atoms with Crippen molar-refractivity contribution in [2.45, 2.75) is 71.8 Å². The van der Waals surface area contributed by atoms with Gasteiger partial charge >= 0.3 is 0 Å². The first kappa shape index (κ1) is 16.3. The Bertz CT molecular complexity index is 281. The van der Waals surface area contributed by atoms with Gasteiger partial charge in [0, 0.05) is 11.5 Å². The average Bonchev–Trinajstić information content (AvgIpc) is 2.39. The van der Waals surface area contributed by atoms with Gasteiger partial charge in [0.1, 0.15) is 5.84 Å². The van der Waals surface area contributed by atoms with Crippen LogP contribution in [0.4, 0.5) is 0 Å². The van der Waals surface area contributed by atoms with Gasteiger partial charge in [0.2, 0.25) is 0 Å². The fourth-order valence-corrected chi connectivity index (χ4v) is 2.73. The first-order valence-corrected chi connectivity index (χ1v) is 7.67. The quantitative estimate of drug-likeness (QED) is 0.219. The highest BCUT2D eigenvalue weighted by atomic mass is 16.4. The van der Waals surface area contributed by atoms with Crippen LogP contribution in [0.3, 0.4) is 0 Å². The Balaban J connectivity index is 2.08. The molecule has 0 saturated heterocycles. The van der Waals surface area contributed by atoms with E-state index in [-0.39, 0.29) is 5.41 Å². The molecule has 0 amide bonds. The van der Waals surface area contributed by atoms with Gasteiger partial charge in [0.05, 0.1) is 0 Å². The smallest absolute Gasteiger partial charge is 0.144 e. The molecule has 4 N–H and O–H groups in total.